The van der Waals surface area contributed by atoms with Crippen LogP contribution in [0.1, 0.15) is 27.2 Å². The van der Waals surface area contributed by atoms with Crippen molar-refractivity contribution in [1.82, 2.24) is 5.32 Å². The van der Waals surface area contributed by atoms with Gasteiger partial charge in [-0.3, -0.25) is 9.59 Å². The minimum absolute atomic E-state index is 0.210. The fourth-order valence-corrected chi connectivity index (χ4v) is 1.83. The van der Waals surface area contributed by atoms with Crippen LogP contribution in [-0.4, -0.2) is 41.5 Å². The number of ether oxygens (including phenoxy) is 2. The zero-order chi connectivity index (χ0) is 12.3. The van der Waals surface area contributed by atoms with E-state index < -0.39 is 30.5 Å². The molecule has 0 aliphatic carbocycles. The second-order valence-electron chi connectivity index (χ2n) is 3.91. The van der Waals surface area contributed by atoms with Crippen LogP contribution in [0.2, 0.25) is 0 Å². The van der Waals surface area contributed by atoms with E-state index in [1.54, 1.807) is 6.92 Å². The summed E-state index contributed by atoms with van der Waals surface area (Å²) in [5, 5.41) is 12.0. The van der Waals surface area contributed by atoms with E-state index in [0.717, 1.165) is 0 Å². The first-order valence-electron chi connectivity index (χ1n) is 5.18. The predicted molar refractivity (Wildman–Crippen MR) is 54.3 cm³/mol. The molecule has 0 bridgehead atoms. The topological polar surface area (TPSA) is 84.9 Å². The highest BCUT2D eigenvalue weighted by Gasteiger charge is 2.38. The van der Waals surface area contributed by atoms with Crippen LogP contribution in [0.4, 0.5) is 0 Å². The average Bonchev–Trinajstić information content (AvgIpc) is 2.09. The summed E-state index contributed by atoms with van der Waals surface area (Å²) >= 11 is 0. The second-order valence-corrected chi connectivity index (χ2v) is 3.91. The molecule has 92 valence electrons. The molecule has 0 aromatic rings. The first-order valence-corrected chi connectivity index (χ1v) is 5.18. The smallest absolute Gasteiger partial charge is 0.303 e. The van der Waals surface area contributed by atoms with E-state index in [1.165, 1.54) is 13.8 Å². The van der Waals surface area contributed by atoms with Gasteiger partial charge in [0, 0.05) is 20.3 Å². The molecular formula is C10H17NO5. The molecular weight excluding hydrogens is 214 g/mol. The zero-order valence-electron chi connectivity index (χ0n) is 9.60. The van der Waals surface area contributed by atoms with Crippen molar-refractivity contribution in [2.24, 2.45) is 0 Å². The van der Waals surface area contributed by atoms with Gasteiger partial charge in [-0.05, 0) is 6.92 Å². The molecule has 0 aromatic carbocycles. The normalized spacial score (nSPS) is 34.2. The second kappa shape index (κ2) is 5.27. The van der Waals surface area contributed by atoms with Gasteiger partial charge in [0.05, 0.1) is 12.1 Å². The summed E-state index contributed by atoms with van der Waals surface area (Å²) in [6.07, 6.45) is -1.75. The molecule has 4 atom stereocenters. The van der Waals surface area contributed by atoms with E-state index in [0.29, 0.717) is 0 Å². The molecule has 0 spiro atoms. The molecule has 0 saturated carbocycles. The molecule has 2 N–H and O–H groups in total. The fourth-order valence-electron chi connectivity index (χ4n) is 1.83. The van der Waals surface area contributed by atoms with E-state index in [9.17, 15) is 14.7 Å². The maximum Gasteiger partial charge on any atom is 0.303 e. The van der Waals surface area contributed by atoms with Gasteiger partial charge < -0.3 is 19.9 Å². The van der Waals surface area contributed by atoms with Crippen molar-refractivity contribution < 1.29 is 24.2 Å². The molecule has 16 heavy (non-hydrogen) atoms. The van der Waals surface area contributed by atoms with Crippen molar-refractivity contribution in [2.75, 3.05) is 0 Å². The van der Waals surface area contributed by atoms with Crippen molar-refractivity contribution in [3.63, 3.8) is 0 Å². The number of carbonyl (C=O) groups is 2. The van der Waals surface area contributed by atoms with Crippen LogP contribution in [-0.2, 0) is 19.1 Å². The minimum atomic E-state index is -0.946. The summed E-state index contributed by atoms with van der Waals surface area (Å²) in [6, 6.07) is -0.417. The zero-order valence-corrected chi connectivity index (χ0v) is 9.60. The van der Waals surface area contributed by atoms with Gasteiger partial charge in [0.15, 0.2) is 6.29 Å². The Labute approximate surface area is 93.9 Å². The van der Waals surface area contributed by atoms with Crippen molar-refractivity contribution in [1.29, 1.82) is 0 Å². The number of esters is 1. The molecule has 1 amide bonds. The molecule has 1 fully saturated rings. The highest BCUT2D eigenvalue weighted by Crippen LogP contribution is 2.21. The lowest BCUT2D eigenvalue weighted by Gasteiger charge is -2.38. The minimum Gasteiger partial charge on any atom is -0.458 e. The van der Waals surface area contributed by atoms with Crippen molar-refractivity contribution in [3.05, 3.63) is 0 Å². The van der Waals surface area contributed by atoms with Crippen LogP contribution in [0.25, 0.3) is 0 Å². The lowest BCUT2D eigenvalue weighted by atomic mass is 9.99. The summed E-state index contributed by atoms with van der Waals surface area (Å²) in [6.45, 7) is 4.35. The molecule has 1 saturated heterocycles. The molecule has 6 nitrogen and oxygen atoms in total. The van der Waals surface area contributed by atoms with E-state index in [2.05, 4.69) is 5.32 Å². The number of hydrogen-bond donors (Lipinski definition) is 2. The number of aliphatic hydroxyl groups is 1. The molecule has 0 aromatic heterocycles. The van der Waals surface area contributed by atoms with E-state index in [1.807, 2.05) is 0 Å². The van der Waals surface area contributed by atoms with Crippen LogP contribution in [0, 0.1) is 0 Å². The fraction of sp³-hybridized carbons (Fsp3) is 0.800. The molecule has 1 rings (SSSR count). The number of aliphatic hydroxyl groups excluding tert-OH is 1. The van der Waals surface area contributed by atoms with Gasteiger partial charge in [-0.15, -0.1) is 0 Å². The van der Waals surface area contributed by atoms with Gasteiger partial charge in [-0.1, -0.05) is 0 Å². The van der Waals surface area contributed by atoms with Crippen LogP contribution >= 0.6 is 0 Å². The van der Waals surface area contributed by atoms with Crippen LogP contribution < -0.4 is 5.32 Å². The maximum absolute atomic E-state index is 11.0. The van der Waals surface area contributed by atoms with Crippen molar-refractivity contribution in [2.45, 2.75) is 51.7 Å². The van der Waals surface area contributed by atoms with E-state index >= 15 is 0 Å². The standard InChI is InChI=1S/C10H17NO5/c1-5-10(16-7(3)13)8(11-6(2)12)4-9(14)15-5/h5,8-10,14H,4H2,1-3H3,(H,11,12)/t5-,8+,9?,10+/m0/s1. The Morgan fingerprint density at radius 1 is 1.44 bits per heavy atom. The first kappa shape index (κ1) is 12.9. The van der Waals surface area contributed by atoms with E-state index in [-0.39, 0.29) is 12.3 Å². The Bertz CT molecular complexity index is 280. The number of nitrogens with one attached hydrogen (secondary N) is 1. The molecule has 0 radical (unpaired) electrons. The Morgan fingerprint density at radius 3 is 2.56 bits per heavy atom. The molecule has 6 heteroatoms. The summed E-state index contributed by atoms with van der Waals surface area (Å²) in [5.74, 6) is -0.671. The summed E-state index contributed by atoms with van der Waals surface area (Å²) < 4.78 is 10.2. The third kappa shape index (κ3) is 3.46. The molecule has 1 heterocycles. The summed E-state index contributed by atoms with van der Waals surface area (Å²) in [4.78, 5) is 21.9. The SMILES string of the molecule is CC(=O)N[C@@H]1CC(O)O[C@@H](C)[C@H]1OC(C)=O. The molecule has 1 aliphatic heterocycles. The van der Waals surface area contributed by atoms with E-state index in [4.69, 9.17) is 9.47 Å². The highest BCUT2D eigenvalue weighted by atomic mass is 16.6. The molecule has 1 aliphatic rings. The maximum atomic E-state index is 11.0. The van der Waals surface area contributed by atoms with Crippen molar-refractivity contribution in [3.8, 4) is 0 Å². The monoisotopic (exact) mass is 231 g/mol. The van der Waals surface area contributed by atoms with Gasteiger partial charge in [-0.25, -0.2) is 0 Å². The van der Waals surface area contributed by atoms with Crippen LogP contribution in [0.3, 0.4) is 0 Å². The Hall–Kier alpha value is -1.14. The van der Waals surface area contributed by atoms with Gasteiger partial charge in [-0.2, -0.15) is 0 Å². The van der Waals surface area contributed by atoms with Gasteiger partial charge in [0.1, 0.15) is 6.10 Å². The van der Waals surface area contributed by atoms with Crippen LogP contribution in [0.5, 0.6) is 0 Å². The largest absolute Gasteiger partial charge is 0.458 e. The Balaban J connectivity index is 2.71. The first-order chi connectivity index (χ1) is 7.40. The summed E-state index contributed by atoms with van der Waals surface area (Å²) in [5.41, 5.74) is 0. The van der Waals surface area contributed by atoms with Gasteiger partial charge in [0.25, 0.3) is 0 Å². The van der Waals surface area contributed by atoms with Gasteiger partial charge >= 0.3 is 5.97 Å². The van der Waals surface area contributed by atoms with Crippen LogP contribution in [0.15, 0.2) is 0 Å². The average molecular weight is 231 g/mol. The Morgan fingerprint density at radius 2 is 2.06 bits per heavy atom. The predicted octanol–water partition coefficient (Wildman–Crippen LogP) is -0.450. The Kier molecular flexibility index (Phi) is 4.26. The lowest BCUT2D eigenvalue weighted by Crippen LogP contribution is -2.56. The highest BCUT2D eigenvalue weighted by molar-refractivity contribution is 5.73. The third-order valence-electron chi connectivity index (χ3n) is 2.38. The lowest BCUT2D eigenvalue weighted by molar-refractivity contribution is -0.214. The third-order valence-corrected chi connectivity index (χ3v) is 2.38. The number of amides is 1. The molecule has 1 unspecified atom stereocenters. The number of carbonyl (C=O) groups excluding carboxylic acids is 2. The summed E-state index contributed by atoms with van der Waals surface area (Å²) in [7, 11) is 0. The van der Waals surface area contributed by atoms with Crippen molar-refractivity contribution >= 4 is 11.9 Å². The van der Waals surface area contributed by atoms with Gasteiger partial charge in [0.2, 0.25) is 5.91 Å². The number of rotatable bonds is 2. The number of hydrogen-bond acceptors (Lipinski definition) is 5. The quantitative estimate of drug-likeness (QED) is 0.629.